The van der Waals surface area contributed by atoms with E-state index in [0.717, 1.165) is 13.0 Å². The Balaban J connectivity index is 2.75. The number of rotatable bonds is 7. The van der Waals surface area contributed by atoms with Crippen LogP contribution in [0.1, 0.15) is 46.1 Å². The number of halogens is 1. The third kappa shape index (κ3) is 5.11. The molecule has 1 N–H and O–H groups in total. The van der Waals surface area contributed by atoms with Gasteiger partial charge in [0.2, 0.25) is 0 Å². The summed E-state index contributed by atoms with van der Waals surface area (Å²) in [4.78, 5) is 0. The standard InChI is InChI=1S/C16H26BrN/c1-5-10-16(4,12-18-13(2)3)11-14-8-6-7-9-15(14)17/h6-9,13,18H,5,10-12H2,1-4H3. The molecule has 1 unspecified atom stereocenters. The van der Waals surface area contributed by atoms with E-state index in [1.54, 1.807) is 0 Å². The minimum absolute atomic E-state index is 0.336. The molecular weight excluding hydrogens is 286 g/mol. The van der Waals surface area contributed by atoms with E-state index in [-0.39, 0.29) is 0 Å². The molecule has 0 spiro atoms. The molecule has 18 heavy (non-hydrogen) atoms. The second kappa shape index (κ2) is 7.30. The van der Waals surface area contributed by atoms with Gasteiger partial charge in [-0.2, -0.15) is 0 Å². The van der Waals surface area contributed by atoms with Gasteiger partial charge in [-0.25, -0.2) is 0 Å². The Bertz CT molecular complexity index is 362. The lowest BCUT2D eigenvalue weighted by Gasteiger charge is -2.31. The first-order valence-corrected chi connectivity index (χ1v) is 7.73. The fourth-order valence-electron chi connectivity index (χ4n) is 2.39. The Morgan fingerprint density at radius 2 is 1.94 bits per heavy atom. The van der Waals surface area contributed by atoms with E-state index in [1.807, 2.05) is 0 Å². The molecule has 1 nitrogen and oxygen atoms in total. The first-order valence-electron chi connectivity index (χ1n) is 6.93. The summed E-state index contributed by atoms with van der Waals surface area (Å²) < 4.78 is 1.23. The van der Waals surface area contributed by atoms with E-state index in [0.29, 0.717) is 11.5 Å². The third-order valence-corrected chi connectivity index (χ3v) is 4.14. The summed E-state index contributed by atoms with van der Waals surface area (Å²) >= 11 is 3.66. The highest BCUT2D eigenvalue weighted by atomic mass is 79.9. The van der Waals surface area contributed by atoms with Crippen LogP contribution in [-0.4, -0.2) is 12.6 Å². The van der Waals surface area contributed by atoms with Crippen molar-refractivity contribution >= 4 is 15.9 Å². The Morgan fingerprint density at radius 3 is 2.50 bits per heavy atom. The molecule has 0 fully saturated rings. The third-order valence-electron chi connectivity index (χ3n) is 3.37. The average molecular weight is 312 g/mol. The molecule has 0 aliphatic carbocycles. The highest BCUT2D eigenvalue weighted by Gasteiger charge is 2.24. The van der Waals surface area contributed by atoms with Crippen molar-refractivity contribution in [3.05, 3.63) is 34.3 Å². The zero-order valence-corrected chi connectivity index (χ0v) is 13.7. The molecule has 0 heterocycles. The maximum Gasteiger partial charge on any atom is 0.0207 e. The van der Waals surface area contributed by atoms with Crippen LogP contribution in [0, 0.1) is 5.41 Å². The fraction of sp³-hybridized carbons (Fsp3) is 0.625. The minimum Gasteiger partial charge on any atom is -0.314 e. The zero-order valence-electron chi connectivity index (χ0n) is 12.1. The molecule has 1 aromatic rings. The average Bonchev–Trinajstić information content (AvgIpc) is 2.30. The topological polar surface area (TPSA) is 12.0 Å². The number of hydrogen-bond donors (Lipinski definition) is 1. The SMILES string of the molecule is CCCC(C)(CNC(C)C)Cc1ccccc1Br. The number of benzene rings is 1. The van der Waals surface area contributed by atoms with Crippen LogP contribution in [0.25, 0.3) is 0 Å². The summed E-state index contributed by atoms with van der Waals surface area (Å²) in [5.74, 6) is 0. The van der Waals surface area contributed by atoms with Gasteiger partial charge in [0, 0.05) is 17.1 Å². The second-order valence-electron chi connectivity index (χ2n) is 5.86. The predicted octanol–water partition coefficient (Wildman–Crippen LogP) is 4.80. The van der Waals surface area contributed by atoms with Crippen molar-refractivity contribution in [1.29, 1.82) is 0 Å². The van der Waals surface area contributed by atoms with Crippen LogP contribution in [0.2, 0.25) is 0 Å². The Morgan fingerprint density at radius 1 is 1.28 bits per heavy atom. The van der Waals surface area contributed by atoms with E-state index in [4.69, 9.17) is 0 Å². The Kier molecular flexibility index (Phi) is 6.37. The normalized spacial score (nSPS) is 14.8. The molecule has 0 aliphatic heterocycles. The van der Waals surface area contributed by atoms with E-state index >= 15 is 0 Å². The van der Waals surface area contributed by atoms with Crippen molar-refractivity contribution in [3.8, 4) is 0 Å². The van der Waals surface area contributed by atoms with Gasteiger partial charge in [-0.05, 0) is 29.9 Å². The zero-order chi connectivity index (χ0) is 13.6. The molecule has 1 rings (SSSR count). The lowest BCUT2D eigenvalue weighted by atomic mass is 9.79. The van der Waals surface area contributed by atoms with E-state index in [1.165, 1.54) is 22.9 Å². The summed E-state index contributed by atoms with van der Waals surface area (Å²) in [5, 5.41) is 3.60. The van der Waals surface area contributed by atoms with Gasteiger partial charge in [-0.1, -0.05) is 68.2 Å². The minimum atomic E-state index is 0.336. The fourth-order valence-corrected chi connectivity index (χ4v) is 2.82. The molecule has 102 valence electrons. The quantitative estimate of drug-likeness (QED) is 0.763. The van der Waals surface area contributed by atoms with E-state index in [9.17, 15) is 0 Å². The van der Waals surface area contributed by atoms with Gasteiger partial charge in [-0.15, -0.1) is 0 Å². The molecule has 0 aliphatic rings. The Hall–Kier alpha value is -0.340. The molecule has 0 saturated heterocycles. The Labute approximate surface area is 120 Å². The van der Waals surface area contributed by atoms with Crippen LogP contribution in [0.15, 0.2) is 28.7 Å². The molecule has 2 heteroatoms. The van der Waals surface area contributed by atoms with Crippen molar-refractivity contribution < 1.29 is 0 Å². The second-order valence-corrected chi connectivity index (χ2v) is 6.72. The molecule has 0 amide bonds. The van der Waals surface area contributed by atoms with E-state index in [2.05, 4.69) is 73.2 Å². The molecule has 0 bridgehead atoms. The van der Waals surface area contributed by atoms with Crippen LogP contribution in [-0.2, 0) is 6.42 Å². The molecule has 0 saturated carbocycles. The molecular formula is C16H26BrN. The first kappa shape index (κ1) is 15.7. The molecule has 0 aromatic heterocycles. The van der Waals surface area contributed by atoms with Crippen LogP contribution >= 0.6 is 15.9 Å². The maximum atomic E-state index is 3.66. The molecule has 0 radical (unpaired) electrons. The van der Waals surface area contributed by atoms with Crippen LogP contribution in [0.5, 0.6) is 0 Å². The van der Waals surface area contributed by atoms with Crippen molar-refractivity contribution in [2.24, 2.45) is 5.41 Å². The lowest BCUT2D eigenvalue weighted by molar-refractivity contribution is 0.266. The van der Waals surface area contributed by atoms with Gasteiger partial charge >= 0.3 is 0 Å². The highest BCUT2D eigenvalue weighted by molar-refractivity contribution is 9.10. The number of nitrogens with one attached hydrogen (secondary N) is 1. The summed E-state index contributed by atoms with van der Waals surface area (Å²) in [7, 11) is 0. The highest BCUT2D eigenvalue weighted by Crippen LogP contribution is 2.30. The predicted molar refractivity (Wildman–Crippen MR) is 84.0 cm³/mol. The van der Waals surface area contributed by atoms with Crippen LogP contribution in [0.4, 0.5) is 0 Å². The maximum absolute atomic E-state index is 3.66. The van der Waals surface area contributed by atoms with Crippen molar-refractivity contribution in [2.75, 3.05) is 6.54 Å². The smallest absolute Gasteiger partial charge is 0.0207 e. The first-order chi connectivity index (χ1) is 8.47. The van der Waals surface area contributed by atoms with Crippen molar-refractivity contribution in [3.63, 3.8) is 0 Å². The lowest BCUT2D eigenvalue weighted by Crippen LogP contribution is -2.37. The van der Waals surface area contributed by atoms with Crippen LogP contribution < -0.4 is 5.32 Å². The largest absolute Gasteiger partial charge is 0.314 e. The van der Waals surface area contributed by atoms with E-state index < -0.39 is 0 Å². The van der Waals surface area contributed by atoms with Gasteiger partial charge in [0.05, 0.1) is 0 Å². The summed E-state index contributed by atoms with van der Waals surface area (Å²) in [6.45, 7) is 10.2. The van der Waals surface area contributed by atoms with Gasteiger partial charge in [0.1, 0.15) is 0 Å². The molecule has 1 atom stereocenters. The summed E-state index contributed by atoms with van der Waals surface area (Å²) in [6.07, 6.45) is 3.62. The molecule has 1 aromatic carbocycles. The summed E-state index contributed by atoms with van der Waals surface area (Å²) in [5.41, 5.74) is 1.75. The number of hydrogen-bond acceptors (Lipinski definition) is 1. The van der Waals surface area contributed by atoms with Crippen molar-refractivity contribution in [2.45, 2.75) is 53.0 Å². The van der Waals surface area contributed by atoms with Gasteiger partial charge < -0.3 is 5.32 Å². The van der Waals surface area contributed by atoms with Crippen LogP contribution in [0.3, 0.4) is 0 Å². The van der Waals surface area contributed by atoms with Gasteiger partial charge in [-0.3, -0.25) is 0 Å². The van der Waals surface area contributed by atoms with Gasteiger partial charge in [0.25, 0.3) is 0 Å². The monoisotopic (exact) mass is 311 g/mol. The van der Waals surface area contributed by atoms with Crippen molar-refractivity contribution in [1.82, 2.24) is 5.32 Å². The summed E-state index contributed by atoms with van der Waals surface area (Å²) in [6, 6.07) is 9.13. The van der Waals surface area contributed by atoms with Gasteiger partial charge in [0.15, 0.2) is 0 Å².